The van der Waals surface area contributed by atoms with Crippen molar-refractivity contribution < 1.29 is 13.2 Å². The number of sulfonamides is 1. The monoisotopic (exact) mass is 461 g/mol. The van der Waals surface area contributed by atoms with Crippen LogP contribution < -0.4 is 5.32 Å². The van der Waals surface area contributed by atoms with E-state index in [4.69, 9.17) is 0 Å². The fourth-order valence-electron chi connectivity index (χ4n) is 4.48. The second-order valence-electron chi connectivity index (χ2n) is 8.71. The number of hydrogen-bond donors (Lipinski definition) is 1. The first-order valence-electron chi connectivity index (χ1n) is 11.1. The molecule has 1 N–H and O–H groups in total. The fraction of sp³-hybridized carbons (Fsp3) is 0.522. The van der Waals surface area contributed by atoms with Crippen molar-refractivity contribution in [2.45, 2.75) is 50.5 Å². The Labute approximate surface area is 189 Å². The van der Waals surface area contributed by atoms with Gasteiger partial charge in [-0.15, -0.1) is 11.3 Å². The van der Waals surface area contributed by atoms with Crippen molar-refractivity contribution in [2.24, 2.45) is 5.92 Å². The van der Waals surface area contributed by atoms with Crippen molar-refractivity contribution in [3.8, 4) is 0 Å². The average molecular weight is 462 g/mol. The van der Waals surface area contributed by atoms with Gasteiger partial charge in [-0.3, -0.25) is 9.69 Å². The van der Waals surface area contributed by atoms with Gasteiger partial charge in [-0.05, 0) is 67.3 Å². The Hall–Kier alpha value is -1.74. The summed E-state index contributed by atoms with van der Waals surface area (Å²) in [6, 6.07) is 9.41. The van der Waals surface area contributed by atoms with Gasteiger partial charge in [-0.1, -0.05) is 25.5 Å². The van der Waals surface area contributed by atoms with Crippen LogP contribution in [0.5, 0.6) is 0 Å². The minimum absolute atomic E-state index is 0.118. The van der Waals surface area contributed by atoms with E-state index in [1.54, 1.807) is 11.4 Å². The molecule has 0 saturated carbocycles. The Balaban J connectivity index is 1.41. The summed E-state index contributed by atoms with van der Waals surface area (Å²) >= 11 is 1.17. The highest BCUT2D eigenvalue weighted by molar-refractivity contribution is 7.89. The third-order valence-corrected chi connectivity index (χ3v) is 9.11. The number of carbonyl (C=O) groups excluding carboxylic acids is 1. The number of benzene rings is 1. The smallest absolute Gasteiger partial charge is 0.267 e. The molecule has 0 radical (unpaired) electrons. The molecular weight excluding hydrogens is 430 g/mol. The van der Waals surface area contributed by atoms with Crippen LogP contribution in [0.3, 0.4) is 0 Å². The fourth-order valence-corrected chi connectivity index (χ4v) is 7.29. The molecule has 1 unspecified atom stereocenters. The van der Waals surface area contributed by atoms with E-state index in [9.17, 15) is 13.2 Å². The van der Waals surface area contributed by atoms with Crippen molar-refractivity contribution in [3.63, 3.8) is 0 Å². The van der Waals surface area contributed by atoms with Gasteiger partial charge >= 0.3 is 0 Å². The van der Waals surface area contributed by atoms with E-state index in [-0.39, 0.29) is 15.7 Å². The molecule has 2 aliphatic heterocycles. The maximum absolute atomic E-state index is 13.0. The Morgan fingerprint density at radius 2 is 1.81 bits per heavy atom. The van der Waals surface area contributed by atoms with Gasteiger partial charge < -0.3 is 5.32 Å². The van der Waals surface area contributed by atoms with Crippen LogP contribution >= 0.6 is 11.3 Å². The average Bonchev–Trinajstić information content (AvgIpc) is 3.27. The van der Waals surface area contributed by atoms with Gasteiger partial charge in [0.15, 0.2) is 0 Å². The minimum atomic E-state index is -3.64. The number of rotatable bonds is 6. The van der Waals surface area contributed by atoms with Crippen LogP contribution in [0, 0.1) is 5.92 Å². The Kier molecular flexibility index (Phi) is 7.11. The lowest BCUT2D eigenvalue weighted by Gasteiger charge is -2.30. The second kappa shape index (κ2) is 9.81. The van der Waals surface area contributed by atoms with E-state index < -0.39 is 10.0 Å². The van der Waals surface area contributed by atoms with Gasteiger partial charge in [0.2, 0.25) is 10.0 Å². The zero-order valence-corrected chi connectivity index (χ0v) is 19.7. The van der Waals surface area contributed by atoms with E-state index in [1.807, 2.05) is 24.3 Å². The van der Waals surface area contributed by atoms with Crippen LogP contribution in [0.2, 0.25) is 0 Å². The van der Waals surface area contributed by atoms with Crippen LogP contribution in [0.1, 0.15) is 54.3 Å². The summed E-state index contributed by atoms with van der Waals surface area (Å²) in [5.74, 6) is 0.372. The van der Waals surface area contributed by atoms with E-state index in [2.05, 4.69) is 17.1 Å². The summed E-state index contributed by atoms with van der Waals surface area (Å²) < 4.78 is 27.6. The van der Waals surface area contributed by atoms with Crippen LogP contribution in [0.4, 0.5) is 5.69 Å². The minimum Gasteiger partial charge on any atom is -0.321 e. The van der Waals surface area contributed by atoms with E-state index >= 15 is 0 Å². The normalized spacial score (nSPS) is 21.1. The molecule has 1 aromatic heterocycles. The van der Waals surface area contributed by atoms with E-state index in [1.165, 1.54) is 34.0 Å². The van der Waals surface area contributed by atoms with Crippen molar-refractivity contribution in [1.29, 1.82) is 0 Å². The molecule has 2 saturated heterocycles. The summed E-state index contributed by atoms with van der Waals surface area (Å²) in [5.41, 5.74) is 1.90. The highest BCUT2D eigenvalue weighted by Crippen LogP contribution is 2.28. The first-order chi connectivity index (χ1) is 14.9. The molecule has 8 heteroatoms. The van der Waals surface area contributed by atoms with Gasteiger partial charge in [-0.25, -0.2) is 8.42 Å². The van der Waals surface area contributed by atoms with Crippen LogP contribution in [-0.2, 0) is 16.6 Å². The third-order valence-electron chi connectivity index (χ3n) is 6.13. The summed E-state index contributed by atoms with van der Waals surface area (Å²) in [5, 5.41) is 4.55. The molecule has 2 fully saturated rings. The molecule has 6 nitrogen and oxygen atoms in total. The predicted octanol–water partition coefficient (Wildman–Crippen LogP) is 4.41. The molecule has 0 spiro atoms. The SMILES string of the molecule is CC1CCCN(Cc2ccc(NC(=O)c3sccc3S(=O)(=O)N3CCCCC3)cc2)C1. The topological polar surface area (TPSA) is 69.7 Å². The molecule has 0 aliphatic carbocycles. The predicted molar refractivity (Wildman–Crippen MR) is 125 cm³/mol. The van der Waals surface area contributed by atoms with Crippen molar-refractivity contribution in [1.82, 2.24) is 9.21 Å². The molecule has 4 rings (SSSR count). The number of nitrogens with zero attached hydrogens (tertiary/aromatic N) is 2. The van der Waals surface area contributed by atoms with Crippen LogP contribution in [-0.4, -0.2) is 49.7 Å². The molecule has 2 aliphatic rings. The first kappa shape index (κ1) is 22.5. The lowest BCUT2D eigenvalue weighted by Crippen LogP contribution is -2.36. The van der Waals surface area contributed by atoms with E-state index in [0.29, 0.717) is 18.8 Å². The van der Waals surface area contributed by atoms with Crippen LogP contribution in [0.25, 0.3) is 0 Å². The molecule has 2 aromatic rings. The number of hydrogen-bond acceptors (Lipinski definition) is 5. The number of likely N-dealkylation sites (tertiary alicyclic amines) is 1. The lowest BCUT2D eigenvalue weighted by atomic mass is 10.00. The Morgan fingerprint density at radius 3 is 2.52 bits per heavy atom. The molecule has 31 heavy (non-hydrogen) atoms. The van der Waals surface area contributed by atoms with Crippen molar-refractivity contribution in [3.05, 3.63) is 46.2 Å². The standard InChI is InChI=1S/C23H31N3O3S2/c1-18-6-5-12-25(16-18)17-19-7-9-20(10-8-19)24-23(27)22-21(11-15-30-22)31(28,29)26-13-3-2-4-14-26/h7-11,15,18H,2-6,12-14,16-17H2,1H3,(H,24,27). The largest absolute Gasteiger partial charge is 0.321 e. The van der Waals surface area contributed by atoms with Gasteiger partial charge in [0.25, 0.3) is 5.91 Å². The zero-order valence-electron chi connectivity index (χ0n) is 18.0. The summed E-state index contributed by atoms with van der Waals surface area (Å²) in [7, 11) is -3.64. The maximum Gasteiger partial charge on any atom is 0.267 e. The number of piperidine rings is 2. The molecule has 3 heterocycles. The highest BCUT2D eigenvalue weighted by Gasteiger charge is 2.31. The van der Waals surface area contributed by atoms with Gasteiger partial charge in [0, 0.05) is 31.9 Å². The molecule has 1 aromatic carbocycles. The van der Waals surface area contributed by atoms with Gasteiger partial charge in [0.1, 0.15) is 9.77 Å². The zero-order chi connectivity index (χ0) is 21.8. The third kappa shape index (κ3) is 5.37. The second-order valence-corrected chi connectivity index (χ2v) is 11.5. The number of amides is 1. The van der Waals surface area contributed by atoms with Crippen molar-refractivity contribution in [2.75, 3.05) is 31.5 Å². The quantitative estimate of drug-likeness (QED) is 0.692. The summed E-state index contributed by atoms with van der Waals surface area (Å²) in [6.07, 6.45) is 5.34. The number of nitrogens with one attached hydrogen (secondary N) is 1. The number of anilines is 1. The van der Waals surface area contributed by atoms with Gasteiger partial charge in [-0.2, -0.15) is 4.31 Å². The summed E-state index contributed by atoms with van der Waals surface area (Å²) in [6.45, 7) is 6.53. The molecule has 0 bridgehead atoms. The molecule has 168 valence electrons. The summed E-state index contributed by atoms with van der Waals surface area (Å²) in [4.78, 5) is 15.7. The molecule has 1 amide bonds. The van der Waals surface area contributed by atoms with Crippen molar-refractivity contribution >= 4 is 33.0 Å². The first-order valence-corrected chi connectivity index (χ1v) is 13.5. The van der Waals surface area contributed by atoms with Crippen LogP contribution in [0.15, 0.2) is 40.6 Å². The Bertz CT molecular complexity index is 995. The molecular formula is C23H31N3O3S2. The van der Waals surface area contributed by atoms with Gasteiger partial charge in [0.05, 0.1) is 0 Å². The maximum atomic E-state index is 13.0. The molecule has 1 atom stereocenters. The Morgan fingerprint density at radius 1 is 1.06 bits per heavy atom. The number of thiophene rings is 1. The van der Waals surface area contributed by atoms with E-state index in [0.717, 1.165) is 44.8 Å². The lowest BCUT2D eigenvalue weighted by molar-refractivity contribution is 0.102. The number of carbonyl (C=O) groups is 1. The highest BCUT2D eigenvalue weighted by atomic mass is 32.2.